The second-order valence-corrected chi connectivity index (χ2v) is 13.0. The lowest BCUT2D eigenvalue weighted by molar-refractivity contribution is -0.162. The summed E-state index contributed by atoms with van der Waals surface area (Å²) in [6.45, 7) is 9.41. The van der Waals surface area contributed by atoms with E-state index in [1.165, 1.54) is 68.6 Å². The highest BCUT2D eigenvalue weighted by molar-refractivity contribution is 6.11. The smallest absolute Gasteiger partial charge is 0.415 e. The van der Waals surface area contributed by atoms with Gasteiger partial charge >= 0.3 is 24.0 Å². The fourth-order valence-corrected chi connectivity index (χ4v) is 5.06. The van der Waals surface area contributed by atoms with Crippen molar-refractivity contribution in [3.63, 3.8) is 0 Å². The van der Waals surface area contributed by atoms with Crippen LogP contribution in [0.5, 0.6) is 5.75 Å². The Morgan fingerprint density at radius 3 is 2.27 bits per heavy atom. The van der Waals surface area contributed by atoms with Gasteiger partial charge in [0.05, 0.1) is 7.11 Å². The average Bonchev–Trinajstić information content (AvgIpc) is 4.00. The van der Waals surface area contributed by atoms with Crippen LogP contribution in [0, 0.1) is 17.2 Å². The zero-order valence-corrected chi connectivity index (χ0v) is 31.6. The summed E-state index contributed by atoms with van der Waals surface area (Å²) in [5.41, 5.74) is 6.67. The molecule has 17 heteroatoms. The van der Waals surface area contributed by atoms with E-state index in [4.69, 9.17) is 34.8 Å². The number of esters is 3. The number of benzene rings is 2. The van der Waals surface area contributed by atoms with E-state index < -0.39 is 54.9 Å². The minimum Gasteiger partial charge on any atom is -0.496 e. The molecule has 56 heavy (non-hydrogen) atoms. The number of anilines is 1. The molecule has 4 rings (SSSR count). The van der Waals surface area contributed by atoms with Crippen LogP contribution in [0.25, 0.3) is 17.2 Å². The number of rotatable bonds is 16. The molecule has 1 saturated carbocycles. The maximum absolute atomic E-state index is 14.0. The van der Waals surface area contributed by atoms with Gasteiger partial charge in [-0.2, -0.15) is 0 Å². The second-order valence-electron chi connectivity index (χ2n) is 13.0. The number of hydrogen-bond acceptors (Lipinski definition) is 14. The number of methoxy groups -OCH3 is 1. The molecule has 2 unspecified atom stereocenters. The Balaban J connectivity index is 1.64. The largest absolute Gasteiger partial charge is 0.496 e. The minimum atomic E-state index is -1.17. The van der Waals surface area contributed by atoms with Gasteiger partial charge in [0.2, 0.25) is 13.1 Å². The van der Waals surface area contributed by atoms with Crippen molar-refractivity contribution in [1.29, 1.82) is 5.41 Å². The summed E-state index contributed by atoms with van der Waals surface area (Å²) in [5, 5.41) is 16.0. The lowest BCUT2D eigenvalue weighted by Crippen LogP contribution is -2.37. The van der Waals surface area contributed by atoms with Gasteiger partial charge in [-0.3, -0.25) is 29.9 Å². The van der Waals surface area contributed by atoms with Gasteiger partial charge < -0.3 is 40.1 Å². The molecule has 0 spiro atoms. The third kappa shape index (κ3) is 11.4. The highest BCUT2D eigenvalue weighted by Gasteiger charge is 2.27. The number of alkyl carbamates (subject to hydrolysis) is 1. The van der Waals surface area contributed by atoms with Crippen molar-refractivity contribution in [3.05, 3.63) is 83.2 Å². The van der Waals surface area contributed by atoms with Crippen molar-refractivity contribution >= 4 is 53.4 Å². The van der Waals surface area contributed by atoms with Gasteiger partial charge in [0.1, 0.15) is 23.3 Å². The Labute approximate surface area is 322 Å². The number of amides is 3. The molecule has 0 aliphatic heterocycles. The van der Waals surface area contributed by atoms with E-state index in [1.54, 1.807) is 13.8 Å². The number of nitrogens with one attached hydrogen (secondary N) is 4. The SMILES string of the molecule is C=Cc1cc(C(=O)Nc2ccc(C(=N)NC(=O)OC(C)OC(C)=O)cc2)c(-c2ccc(C(=O)NCC3CC3)nc2C(=O)OCOC(=O)C(N)C(C)C)cc1OC. The van der Waals surface area contributed by atoms with E-state index in [2.05, 4.69) is 27.5 Å². The third-order valence-corrected chi connectivity index (χ3v) is 8.34. The number of ether oxygens (including phenoxy) is 5. The highest BCUT2D eigenvalue weighted by Crippen LogP contribution is 2.35. The molecule has 17 nitrogen and oxygen atoms in total. The molecule has 2 aromatic carbocycles. The number of nitrogens with zero attached hydrogens (tertiary/aromatic N) is 1. The first kappa shape index (κ1) is 42.1. The Morgan fingerprint density at radius 1 is 0.964 bits per heavy atom. The molecular formula is C39H44N6O11. The van der Waals surface area contributed by atoms with Gasteiger partial charge in [-0.1, -0.05) is 26.5 Å². The summed E-state index contributed by atoms with van der Waals surface area (Å²) in [6, 6.07) is 10.8. The summed E-state index contributed by atoms with van der Waals surface area (Å²) >= 11 is 0. The molecule has 296 valence electrons. The number of aromatic nitrogens is 1. The molecule has 2 atom stereocenters. The molecule has 0 radical (unpaired) electrons. The normalized spacial score (nSPS) is 13.0. The van der Waals surface area contributed by atoms with E-state index >= 15 is 0 Å². The van der Waals surface area contributed by atoms with Crippen LogP contribution in [0.1, 0.15) is 83.0 Å². The number of hydrogen-bond donors (Lipinski definition) is 5. The molecule has 3 aromatic rings. The van der Waals surface area contributed by atoms with E-state index in [0.29, 0.717) is 29.5 Å². The molecule has 1 aromatic heterocycles. The molecule has 1 fully saturated rings. The van der Waals surface area contributed by atoms with E-state index in [-0.39, 0.29) is 45.4 Å². The maximum atomic E-state index is 14.0. The maximum Gasteiger partial charge on any atom is 0.415 e. The van der Waals surface area contributed by atoms with Crippen LogP contribution in [0.4, 0.5) is 10.5 Å². The number of carbonyl (C=O) groups excluding carboxylic acids is 6. The zero-order chi connectivity index (χ0) is 41.1. The third-order valence-electron chi connectivity index (χ3n) is 8.34. The standard InChI is InChI=1S/C39H44N6O11/c1-7-24-16-29(35(47)43-26-12-10-25(11-13-26)34(41)45-39(51)56-22(5)55-21(4)46)28(17-31(24)52-6)27-14-15-30(36(48)42-18-23-8-9-23)44-33(27)38(50)54-19-53-37(49)32(40)20(2)3/h7,10-17,20,22-23,32H,1,8-9,18-19,40H2,2-6H3,(H,42,48)(H,43,47)(H2,41,45,51). The molecule has 1 heterocycles. The predicted octanol–water partition coefficient (Wildman–Crippen LogP) is 4.39. The fourth-order valence-electron chi connectivity index (χ4n) is 5.06. The van der Waals surface area contributed by atoms with Crippen LogP contribution in [0.2, 0.25) is 0 Å². The molecule has 3 amide bonds. The summed E-state index contributed by atoms with van der Waals surface area (Å²) < 4.78 is 25.5. The first-order valence-electron chi connectivity index (χ1n) is 17.5. The van der Waals surface area contributed by atoms with Crippen molar-refractivity contribution < 1.29 is 52.5 Å². The Hall–Kier alpha value is -6.62. The van der Waals surface area contributed by atoms with Gasteiger partial charge in [0, 0.05) is 53.9 Å². The number of carbonyl (C=O) groups is 6. The molecule has 1 aliphatic rings. The topological polar surface area (TPSA) is 247 Å². The van der Waals surface area contributed by atoms with E-state index in [9.17, 15) is 28.8 Å². The highest BCUT2D eigenvalue weighted by atomic mass is 16.7. The quantitative estimate of drug-likeness (QED) is 0.0587. The van der Waals surface area contributed by atoms with Crippen LogP contribution in [0.3, 0.4) is 0 Å². The Bertz CT molecular complexity index is 2010. The van der Waals surface area contributed by atoms with Gasteiger partial charge in [-0.15, -0.1) is 0 Å². The van der Waals surface area contributed by atoms with Gasteiger partial charge in [0.25, 0.3) is 11.8 Å². The lowest BCUT2D eigenvalue weighted by Gasteiger charge is -2.18. The van der Waals surface area contributed by atoms with Crippen molar-refractivity contribution in [3.8, 4) is 16.9 Å². The lowest BCUT2D eigenvalue weighted by atomic mass is 9.94. The molecule has 0 saturated heterocycles. The van der Waals surface area contributed by atoms with Crippen LogP contribution in [-0.4, -0.2) is 79.4 Å². The van der Waals surface area contributed by atoms with Crippen LogP contribution >= 0.6 is 0 Å². The summed E-state index contributed by atoms with van der Waals surface area (Å²) in [7, 11) is 1.41. The van der Waals surface area contributed by atoms with Crippen molar-refractivity contribution in [2.45, 2.75) is 52.9 Å². The molecule has 1 aliphatic carbocycles. The number of pyridine rings is 1. The van der Waals surface area contributed by atoms with Crippen LogP contribution in [-0.2, 0) is 28.5 Å². The fraction of sp³-hybridized carbons (Fsp3) is 0.333. The van der Waals surface area contributed by atoms with Gasteiger partial charge in [-0.05, 0) is 73.2 Å². The molecular weight excluding hydrogens is 728 g/mol. The van der Waals surface area contributed by atoms with Crippen molar-refractivity contribution in [1.82, 2.24) is 15.6 Å². The number of nitrogens with two attached hydrogens (primary N) is 1. The summed E-state index contributed by atoms with van der Waals surface area (Å²) in [5.74, 6) is -3.55. The summed E-state index contributed by atoms with van der Waals surface area (Å²) in [4.78, 5) is 80.5. The Morgan fingerprint density at radius 2 is 1.66 bits per heavy atom. The predicted molar refractivity (Wildman–Crippen MR) is 203 cm³/mol. The molecule has 6 N–H and O–H groups in total. The zero-order valence-electron chi connectivity index (χ0n) is 31.6. The van der Waals surface area contributed by atoms with Crippen molar-refractivity contribution in [2.24, 2.45) is 17.6 Å². The minimum absolute atomic E-state index is 0.0416. The monoisotopic (exact) mass is 772 g/mol. The number of amidine groups is 1. The Kier molecular flexibility index (Phi) is 14.4. The first-order chi connectivity index (χ1) is 26.6. The van der Waals surface area contributed by atoms with Gasteiger partial charge in [-0.25, -0.2) is 14.6 Å². The van der Waals surface area contributed by atoms with Crippen molar-refractivity contribution in [2.75, 3.05) is 25.8 Å². The summed E-state index contributed by atoms with van der Waals surface area (Å²) in [6.07, 6.45) is 1.28. The van der Waals surface area contributed by atoms with Crippen LogP contribution in [0.15, 0.2) is 55.1 Å². The molecule has 0 bridgehead atoms. The van der Waals surface area contributed by atoms with Gasteiger partial charge in [0.15, 0.2) is 5.69 Å². The second kappa shape index (κ2) is 19.1. The van der Waals surface area contributed by atoms with E-state index in [1.807, 2.05) is 0 Å². The average molecular weight is 773 g/mol. The van der Waals surface area contributed by atoms with E-state index in [0.717, 1.165) is 19.8 Å². The van der Waals surface area contributed by atoms with Crippen LogP contribution < -0.4 is 26.4 Å². The first-order valence-corrected chi connectivity index (χ1v) is 17.5.